The zero-order valence-corrected chi connectivity index (χ0v) is 16.6. The number of nitrogens with zero attached hydrogens (tertiary/aromatic N) is 2. The minimum absolute atomic E-state index is 0.0173. The number of nitro groups is 1. The molecule has 0 bridgehead atoms. The number of carbonyl (C=O) groups is 1. The molecule has 0 spiro atoms. The van der Waals surface area contributed by atoms with E-state index in [1.54, 1.807) is 0 Å². The van der Waals surface area contributed by atoms with Crippen molar-refractivity contribution in [2.75, 3.05) is 13.2 Å². The predicted molar refractivity (Wildman–Crippen MR) is 113 cm³/mol. The van der Waals surface area contributed by atoms with Gasteiger partial charge in [-0.2, -0.15) is 0 Å². The number of carbonyl (C=O) groups excluding carboxylic acids is 1. The summed E-state index contributed by atoms with van der Waals surface area (Å²) in [5.74, 6) is 5.61. The fourth-order valence-corrected chi connectivity index (χ4v) is 4.03. The van der Waals surface area contributed by atoms with Crippen LogP contribution in [0.4, 0.5) is 9.80 Å². The first-order chi connectivity index (χ1) is 14.6. The molecule has 0 unspecified atom stereocenters. The fraction of sp³-hybridized carbons (Fsp3) is 0.182. The van der Waals surface area contributed by atoms with Gasteiger partial charge in [0, 0.05) is 18.9 Å². The Labute approximate surface area is 176 Å². The summed E-state index contributed by atoms with van der Waals surface area (Å²) >= 11 is 0.921. The SMILES string of the molecule is O=C(NCCC#Cc1ncc([N+](=O)[O-])s1)OCC1c2ccccc2-c2ccccc21. The summed E-state index contributed by atoms with van der Waals surface area (Å²) in [5, 5.41) is 13.6. The van der Waals surface area contributed by atoms with Crippen LogP contribution in [0, 0.1) is 22.0 Å². The predicted octanol–water partition coefficient (Wildman–Crippen LogP) is 4.33. The molecular weight excluding hydrogens is 402 g/mol. The van der Waals surface area contributed by atoms with Crippen molar-refractivity contribution in [3.63, 3.8) is 0 Å². The number of alkyl carbamates (subject to hydrolysis) is 1. The van der Waals surface area contributed by atoms with E-state index in [9.17, 15) is 14.9 Å². The molecule has 1 N–H and O–H groups in total. The second-order valence-electron chi connectivity index (χ2n) is 6.56. The standard InChI is InChI=1S/C22H17N3O4S/c26-22(23-12-6-5-11-20-24-13-21(30-20)25(27)28)29-14-19-17-9-3-1-7-15(17)16-8-2-4-10-18(16)19/h1-4,7-10,13,19H,6,12,14H2,(H,23,26). The van der Waals surface area contributed by atoms with Crippen molar-refractivity contribution in [2.45, 2.75) is 12.3 Å². The largest absolute Gasteiger partial charge is 0.449 e. The molecular formula is C22H17N3O4S. The van der Waals surface area contributed by atoms with Crippen LogP contribution in [-0.2, 0) is 4.74 Å². The van der Waals surface area contributed by atoms with Crippen LogP contribution in [-0.4, -0.2) is 29.2 Å². The maximum absolute atomic E-state index is 12.1. The molecule has 1 amide bonds. The third kappa shape index (κ3) is 4.16. The molecule has 0 atom stereocenters. The van der Waals surface area contributed by atoms with Gasteiger partial charge in [-0.25, -0.2) is 9.78 Å². The minimum Gasteiger partial charge on any atom is -0.449 e. The first-order valence-electron chi connectivity index (χ1n) is 9.31. The number of aromatic nitrogens is 1. The molecule has 0 saturated heterocycles. The van der Waals surface area contributed by atoms with Gasteiger partial charge in [0.1, 0.15) is 12.8 Å². The van der Waals surface area contributed by atoms with Crippen LogP contribution >= 0.6 is 11.3 Å². The number of thiazole rings is 1. The summed E-state index contributed by atoms with van der Waals surface area (Å²) in [5.41, 5.74) is 4.68. The average molecular weight is 419 g/mol. The Morgan fingerprint density at radius 3 is 2.47 bits per heavy atom. The molecule has 7 nitrogen and oxygen atoms in total. The zero-order chi connectivity index (χ0) is 20.9. The number of amides is 1. The Morgan fingerprint density at radius 1 is 1.17 bits per heavy atom. The number of hydrogen-bond acceptors (Lipinski definition) is 6. The van der Waals surface area contributed by atoms with Crippen LogP contribution in [0.25, 0.3) is 11.1 Å². The van der Waals surface area contributed by atoms with E-state index < -0.39 is 11.0 Å². The smallest absolute Gasteiger partial charge is 0.407 e. The van der Waals surface area contributed by atoms with E-state index in [2.05, 4.69) is 46.4 Å². The van der Waals surface area contributed by atoms with E-state index in [1.165, 1.54) is 17.3 Å². The highest BCUT2D eigenvalue weighted by molar-refractivity contribution is 7.15. The van der Waals surface area contributed by atoms with Crippen molar-refractivity contribution in [1.29, 1.82) is 0 Å². The van der Waals surface area contributed by atoms with Gasteiger partial charge in [-0.15, -0.1) is 0 Å². The van der Waals surface area contributed by atoms with Gasteiger partial charge >= 0.3 is 11.1 Å². The summed E-state index contributed by atoms with van der Waals surface area (Å²) < 4.78 is 5.45. The molecule has 1 heterocycles. The van der Waals surface area contributed by atoms with E-state index in [1.807, 2.05) is 24.3 Å². The van der Waals surface area contributed by atoms with Crippen molar-refractivity contribution < 1.29 is 14.5 Å². The lowest BCUT2D eigenvalue weighted by molar-refractivity contribution is -0.380. The fourth-order valence-electron chi connectivity index (χ4n) is 3.42. The van der Waals surface area contributed by atoms with Gasteiger partial charge in [-0.1, -0.05) is 54.5 Å². The Morgan fingerprint density at radius 2 is 1.83 bits per heavy atom. The summed E-state index contributed by atoms with van der Waals surface area (Å²) in [6.07, 6.45) is 1.07. The topological polar surface area (TPSA) is 94.4 Å². The molecule has 2 aromatic carbocycles. The first kappa shape index (κ1) is 19.6. The number of benzene rings is 2. The van der Waals surface area contributed by atoms with Gasteiger partial charge in [-0.05, 0) is 39.5 Å². The lowest BCUT2D eigenvalue weighted by Crippen LogP contribution is -2.26. The van der Waals surface area contributed by atoms with Crippen LogP contribution in [0.5, 0.6) is 0 Å². The third-order valence-corrected chi connectivity index (χ3v) is 5.60. The van der Waals surface area contributed by atoms with Crippen molar-refractivity contribution in [3.05, 3.63) is 81.0 Å². The summed E-state index contributed by atoms with van der Waals surface area (Å²) in [4.78, 5) is 26.1. The number of nitrogens with one attached hydrogen (secondary N) is 1. The molecule has 0 radical (unpaired) electrons. The van der Waals surface area contributed by atoms with Crippen LogP contribution in [0.3, 0.4) is 0 Å². The molecule has 0 fully saturated rings. The summed E-state index contributed by atoms with van der Waals surface area (Å²) in [6.45, 7) is 0.575. The number of rotatable bonds is 5. The number of fused-ring (bicyclic) bond motifs is 3. The molecule has 8 heteroatoms. The summed E-state index contributed by atoms with van der Waals surface area (Å²) in [6, 6.07) is 16.3. The number of hydrogen-bond donors (Lipinski definition) is 1. The van der Waals surface area contributed by atoms with Gasteiger partial charge in [-0.3, -0.25) is 10.1 Å². The molecule has 150 valence electrons. The monoisotopic (exact) mass is 419 g/mol. The van der Waals surface area contributed by atoms with E-state index >= 15 is 0 Å². The molecule has 3 aromatic rings. The Kier molecular flexibility index (Phi) is 5.72. The number of ether oxygens (including phenoxy) is 1. The quantitative estimate of drug-likeness (QED) is 0.287. The van der Waals surface area contributed by atoms with Crippen molar-refractivity contribution in [3.8, 4) is 23.0 Å². The lowest BCUT2D eigenvalue weighted by atomic mass is 9.98. The Balaban J connectivity index is 1.28. The molecule has 1 aliphatic rings. The molecule has 1 aliphatic carbocycles. The van der Waals surface area contributed by atoms with Crippen molar-refractivity contribution >= 4 is 22.4 Å². The van der Waals surface area contributed by atoms with Gasteiger partial charge in [0.15, 0.2) is 5.01 Å². The highest BCUT2D eigenvalue weighted by Crippen LogP contribution is 2.44. The second kappa shape index (κ2) is 8.76. The first-order valence-corrected chi connectivity index (χ1v) is 10.1. The van der Waals surface area contributed by atoms with E-state index in [0.717, 1.165) is 22.5 Å². The Hall–Kier alpha value is -3.70. The maximum Gasteiger partial charge on any atom is 0.407 e. The van der Waals surface area contributed by atoms with Gasteiger partial charge < -0.3 is 10.1 Å². The van der Waals surface area contributed by atoms with Gasteiger partial charge in [0.25, 0.3) is 0 Å². The van der Waals surface area contributed by atoms with Crippen LogP contribution in [0.1, 0.15) is 28.5 Å². The second-order valence-corrected chi connectivity index (χ2v) is 7.57. The van der Waals surface area contributed by atoms with Crippen molar-refractivity contribution in [1.82, 2.24) is 10.3 Å². The third-order valence-electron chi connectivity index (χ3n) is 4.73. The minimum atomic E-state index is -0.498. The van der Waals surface area contributed by atoms with Crippen LogP contribution in [0.2, 0.25) is 0 Å². The average Bonchev–Trinajstić information content (AvgIpc) is 3.35. The Bertz CT molecular complexity index is 1120. The van der Waals surface area contributed by atoms with E-state index in [0.29, 0.717) is 18.0 Å². The van der Waals surface area contributed by atoms with Crippen LogP contribution in [0.15, 0.2) is 54.7 Å². The van der Waals surface area contributed by atoms with E-state index in [-0.39, 0.29) is 17.5 Å². The molecule has 1 aromatic heterocycles. The van der Waals surface area contributed by atoms with E-state index in [4.69, 9.17) is 4.74 Å². The highest BCUT2D eigenvalue weighted by atomic mass is 32.1. The molecule has 0 aliphatic heterocycles. The van der Waals surface area contributed by atoms with Crippen molar-refractivity contribution in [2.24, 2.45) is 0 Å². The normalized spacial score (nSPS) is 11.7. The zero-order valence-electron chi connectivity index (χ0n) is 15.8. The lowest BCUT2D eigenvalue weighted by Gasteiger charge is -2.14. The van der Waals surface area contributed by atoms with Gasteiger partial charge in [0.05, 0.1) is 4.92 Å². The maximum atomic E-state index is 12.1. The molecule has 0 saturated carbocycles. The molecule has 30 heavy (non-hydrogen) atoms. The molecule has 4 rings (SSSR count). The summed E-state index contributed by atoms with van der Waals surface area (Å²) in [7, 11) is 0. The van der Waals surface area contributed by atoms with Gasteiger partial charge in [0.2, 0.25) is 0 Å². The van der Waals surface area contributed by atoms with Crippen LogP contribution < -0.4 is 5.32 Å². The highest BCUT2D eigenvalue weighted by Gasteiger charge is 2.28.